The lowest BCUT2D eigenvalue weighted by molar-refractivity contribution is 0.0710. The van der Waals surface area contributed by atoms with Crippen molar-refractivity contribution < 1.29 is 4.79 Å². The summed E-state index contributed by atoms with van der Waals surface area (Å²) in [6.45, 7) is 4.90. The molecule has 1 amide bonds. The van der Waals surface area contributed by atoms with E-state index < -0.39 is 0 Å². The van der Waals surface area contributed by atoms with E-state index in [9.17, 15) is 4.79 Å². The minimum absolute atomic E-state index is 0. The Kier molecular flexibility index (Phi) is 5.18. The molecule has 0 spiro atoms. The third kappa shape index (κ3) is 3.46. The van der Waals surface area contributed by atoms with Crippen LogP contribution in [-0.2, 0) is 7.05 Å². The lowest BCUT2D eigenvalue weighted by Crippen LogP contribution is -2.45. The summed E-state index contributed by atoms with van der Waals surface area (Å²) in [7, 11) is 1.94. The summed E-state index contributed by atoms with van der Waals surface area (Å²) in [6, 6.07) is 2.61. The van der Waals surface area contributed by atoms with Crippen LogP contribution in [0.5, 0.6) is 0 Å². The maximum absolute atomic E-state index is 12.8. The number of aromatic nitrogens is 2. The molecule has 4 rings (SSSR count). The highest BCUT2D eigenvalue weighted by Gasteiger charge is 2.27. The van der Waals surface area contributed by atoms with Gasteiger partial charge in [0.05, 0.1) is 10.6 Å². The highest BCUT2D eigenvalue weighted by atomic mass is 35.5. The molecule has 1 aliphatic heterocycles. The van der Waals surface area contributed by atoms with Gasteiger partial charge >= 0.3 is 0 Å². The number of rotatable bonds is 4. The summed E-state index contributed by atoms with van der Waals surface area (Å²) in [5.41, 5.74) is 1.00. The van der Waals surface area contributed by atoms with Crippen molar-refractivity contribution in [3.05, 3.63) is 16.6 Å². The van der Waals surface area contributed by atoms with Gasteiger partial charge in [0, 0.05) is 31.6 Å². The second-order valence-electron chi connectivity index (χ2n) is 6.96. The minimum atomic E-state index is 0. The Morgan fingerprint density at radius 3 is 2.67 bits per heavy atom. The van der Waals surface area contributed by atoms with Crippen LogP contribution in [0, 0.1) is 12.8 Å². The highest BCUT2D eigenvalue weighted by Crippen LogP contribution is 2.30. The second-order valence-corrected chi connectivity index (χ2v) is 7.99. The summed E-state index contributed by atoms with van der Waals surface area (Å²) < 4.78 is 1.88. The van der Waals surface area contributed by atoms with Crippen LogP contribution in [0.15, 0.2) is 6.07 Å². The van der Waals surface area contributed by atoms with Crippen LogP contribution in [0.3, 0.4) is 0 Å². The fourth-order valence-corrected chi connectivity index (χ4v) is 4.50. The quantitative estimate of drug-likeness (QED) is 0.902. The van der Waals surface area contributed by atoms with Crippen molar-refractivity contribution in [3.63, 3.8) is 0 Å². The monoisotopic (exact) mass is 368 g/mol. The summed E-state index contributed by atoms with van der Waals surface area (Å²) in [4.78, 5) is 16.7. The molecular formula is C17H25ClN4OS. The van der Waals surface area contributed by atoms with Crippen molar-refractivity contribution in [2.75, 3.05) is 19.6 Å². The van der Waals surface area contributed by atoms with Crippen molar-refractivity contribution in [1.82, 2.24) is 20.0 Å². The van der Waals surface area contributed by atoms with E-state index in [4.69, 9.17) is 0 Å². The molecule has 1 N–H and O–H groups in total. The number of nitrogens with zero attached hydrogens (tertiary/aromatic N) is 3. The van der Waals surface area contributed by atoms with Crippen LogP contribution in [0.25, 0.3) is 10.2 Å². The number of thiophene rings is 1. The Bertz CT molecular complexity index is 694. The van der Waals surface area contributed by atoms with Crippen molar-refractivity contribution in [3.8, 4) is 0 Å². The van der Waals surface area contributed by atoms with Gasteiger partial charge in [-0.3, -0.25) is 9.48 Å². The first-order valence-corrected chi connectivity index (χ1v) is 9.39. The number of hydrogen-bond acceptors (Lipinski definition) is 4. The number of carbonyl (C=O) groups excluding carboxylic acids is 1. The smallest absolute Gasteiger partial charge is 0.264 e. The molecule has 24 heavy (non-hydrogen) atoms. The van der Waals surface area contributed by atoms with E-state index in [-0.39, 0.29) is 18.3 Å². The van der Waals surface area contributed by atoms with E-state index in [2.05, 4.69) is 10.4 Å². The van der Waals surface area contributed by atoms with E-state index in [0.717, 1.165) is 52.6 Å². The van der Waals surface area contributed by atoms with Crippen LogP contribution in [0.1, 0.15) is 41.0 Å². The van der Waals surface area contributed by atoms with Crippen LogP contribution < -0.4 is 5.32 Å². The fourth-order valence-electron chi connectivity index (χ4n) is 3.41. The Morgan fingerprint density at radius 1 is 1.33 bits per heavy atom. The number of fused-ring (bicyclic) bond motifs is 1. The summed E-state index contributed by atoms with van der Waals surface area (Å²) in [5.74, 6) is 1.11. The molecular weight excluding hydrogens is 344 g/mol. The summed E-state index contributed by atoms with van der Waals surface area (Å²) in [5, 5.41) is 9.19. The second kappa shape index (κ2) is 7.02. The SMILES string of the molecule is Cc1nn(C)c2sc(C(=O)N3CCC(NCC4CC4)CC3)cc12.Cl. The predicted octanol–water partition coefficient (Wildman–Crippen LogP) is 2.97. The van der Waals surface area contributed by atoms with Gasteiger partial charge in [0.2, 0.25) is 0 Å². The fraction of sp³-hybridized carbons (Fsp3) is 0.647. The van der Waals surface area contributed by atoms with Crippen LogP contribution >= 0.6 is 23.7 Å². The number of nitrogens with one attached hydrogen (secondary N) is 1. The molecule has 2 fully saturated rings. The van der Waals surface area contributed by atoms with Crippen molar-refractivity contribution in [1.29, 1.82) is 0 Å². The normalized spacial score (nSPS) is 18.8. The predicted molar refractivity (Wildman–Crippen MR) is 100 cm³/mol. The van der Waals surface area contributed by atoms with Gasteiger partial charge in [0.15, 0.2) is 0 Å². The maximum atomic E-state index is 12.8. The molecule has 3 heterocycles. The maximum Gasteiger partial charge on any atom is 0.264 e. The molecule has 132 valence electrons. The van der Waals surface area contributed by atoms with Gasteiger partial charge in [-0.1, -0.05) is 0 Å². The Balaban J connectivity index is 0.00000169. The van der Waals surface area contributed by atoms with Crippen LogP contribution in [0.4, 0.5) is 0 Å². The summed E-state index contributed by atoms with van der Waals surface area (Å²) in [6.07, 6.45) is 4.93. The third-order valence-electron chi connectivity index (χ3n) is 5.08. The van der Waals surface area contributed by atoms with Crippen molar-refractivity contribution in [2.24, 2.45) is 13.0 Å². The molecule has 5 nitrogen and oxygen atoms in total. The van der Waals surface area contributed by atoms with Crippen molar-refractivity contribution >= 4 is 39.9 Å². The Labute approximate surface area is 152 Å². The number of hydrogen-bond donors (Lipinski definition) is 1. The molecule has 1 aliphatic carbocycles. The topological polar surface area (TPSA) is 50.2 Å². The van der Waals surface area contributed by atoms with Gasteiger partial charge in [0.25, 0.3) is 5.91 Å². The molecule has 1 saturated carbocycles. The first-order valence-electron chi connectivity index (χ1n) is 8.57. The minimum Gasteiger partial charge on any atom is -0.338 e. The van der Waals surface area contributed by atoms with Crippen LogP contribution in [0.2, 0.25) is 0 Å². The molecule has 0 bridgehead atoms. The molecule has 2 aromatic heterocycles. The first kappa shape index (κ1) is 17.7. The standard InChI is InChI=1S/C17H24N4OS.ClH/c1-11-14-9-15(23-17(14)20(2)19-11)16(22)21-7-5-13(6-8-21)18-10-12-3-4-12;/h9,12-13,18H,3-8,10H2,1-2H3;1H. The lowest BCUT2D eigenvalue weighted by atomic mass is 10.0. The van der Waals surface area contributed by atoms with E-state index in [1.165, 1.54) is 19.4 Å². The molecule has 0 atom stereocenters. The zero-order valence-corrected chi connectivity index (χ0v) is 15.9. The molecule has 0 radical (unpaired) electrons. The third-order valence-corrected chi connectivity index (χ3v) is 6.27. The molecule has 0 unspecified atom stereocenters. The van der Waals surface area contributed by atoms with Gasteiger partial charge in [-0.15, -0.1) is 23.7 Å². The van der Waals surface area contributed by atoms with Gasteiger partial charge in [-0.25, -0.2) is 0 Å². The Morgan fingerprint density at radius 2 is 2.04 bits per heavy atom. The van der Waals surface area contributed by atoms with Gasteiger partial charge < -0.3 is 10.2 Å². The van der Waals surface area contributed by atoms with Gasteiger partial charge in [-0.05, 0) is 51.1 Å². The first-order chi connectivity index (χ1) is 11.1. The number of piperidine rings is 1. The zero-order chi connectivity index (χ0) is 16.0. The number of amides is 1. The Hall–Kier alpha value is -1.11. The average molecular weight is 369 g/mol. The zero-order valence-electron chi connectivity index (χ0n) is 14.2. The van der Waals surface area contributed by atoms with E-state index >= 15 is 0 Å². The van der Waals surface area contributed by atoms with E-state index in [0.29, 0.717) is 6.04 Å². The molecule has 2 aromatic rings. The van der Waals surface area contributed by atoms with Gasteiger partial charge in [-0.2, -0.15) is 5.10 Å². The largest absolute Gasteiger partial charge is 0.338 e. The summed E-state index contributed by atoms with van der Waals surface area (Å²) >= 11 is 1.56. The number of likely N-dealkylation sites (tertiary alicyclic amines) is 1. The van der Waals surface area contributed by atoms with E-state index in [1.54, 1.807) is 11.3 Å². The molecule has 7 heteroatoms. The average Bonchev–Trinajstić information content (AvgIpc) is 3.21. The van der Waals surface area contributed by atoms with Crippen molar-refractivity contribution in [2.45, 2.75) is 38.6 Å². The van der Waals surface area contributed by atoms with E-state index in [1.807, 2.05) is 29.6 Å². The molecule has 2 aliphatic rings. The number of aryl methyl sites for hydroxylation is 2. The molecule has 0 aromatic carbocycles. The van der Waals surface area contributed by atoms with Crippen LogP contribution in [-0.4, -0.2) is 46.3 Å². The number of carbonyl (C=O) groups is 1. The lowest BCUT2D eigenvalue weighted by Gasteiger charge is -2.32. The van der Waals surface area contributed by atoms with Gasteiger partial charge in [0.1, 0.15) is 4.83 Å². The molecule has 1 saturated heterocycles. The number of halogens is 1. The highest BCUT2D eigenvalue weighted by molar-refractivity contribution is 7.20.